The van der Waals surface area contributed by atoms with E-state index in [0.29, 0.717) is 22.0 Å². The second-order valence-corrected chi connectivity index (χ2v) is 8.19. The Labute approximate surface area is 191 Å². The zero-order chi connectivity index (χ0) is 23.1. The van der Waals surface area contributed by atoms with Gasteiger partial charge in [0, 0.05) is 39.8 Å². The van der Waals surface area contributed by atoms with Gasteiger partial charge in [-0.05, 0) is 32.4 Å². The van der Waals surface area contributed by atoms with Crippen LogP contribution in [0, 0.1) is 10.1 Å². The number of nitro groups is 1. The molecule has 2 aromatic carbocycles. The first-order chi connectivity index (χ1) is 14.6. The molecule has 0 fully saturated rings. The van der Waals surface area contributed by atoms with Gasteiger partial charge in [0.25, 0.3) is 5.69 Å². The van der Waals surface area contributed by atoms with Crippen molar-refractivity contribution in [2.75, 3.05) is 0 Å². The Balaban J connectivity index is 2.44. The van der Waals surface area contributed by atoms with Gasteiger partial charge in [-0.3, -0.25) is 19.7 Å². The average molecular weight is 466 g/mol. The summed E-state index contributed by atoms with van der Waals surface area (Å²) in [4.78, 5) is 38.4. The summed E-state index contributed by atoms with van der Waals surface area (Å²) in [7, 11) is 0. The molecule has 31 heavy (non-hydrogen) atoms. The summed E-state index contributed by atoms with van der Waals surface area (Å²) in [6.07, 6.45) is 0.119. The summed E-state index contributed by atoms with van der Waals surface area (Å²) in [6.45, 7) is 5.45. The Morgan fingerprint density at radius 2 is 1.71 bits per heavy atom. The Morgan fingerprint density at radius 1 is 1.10 bits per heavy atom. The van der Waals surface area contributed by atoms with Gasteiger partial charge in [0.15, 0.2) is 0 Å². The monoisotopic (exact) mass is 465 g/mol. The van der Waals surface area contributed by atoms with E-state index in [-0.39, 0.29) is 36.2 Å². The van der Waals surface area contributed by atoms with Crippen LogP contribution in [0.1, 0.15) is 38.3 Å². The van der Waals surface area contributed by atoms with Crippen molar-refractivity contribution in [2.24, 2.45) is 0 Å². The summed E-state index contributed by atoms with van der Waals surface area (Å²) in [5.74, 6) is -0.743. The molecule has 0 aliphatic heterocycles. The molecule has 2 rings (SSSR count). The number of benzene rings is 2. The number of halogens is 2. The molecule has 0 aromatic heterocycles. The highest BCUT2D eigenvalue weighted by Crippen LogP contribution is 2.28. The molecule has 9 heteroatoms. The van der Waals surface area contributed by atoms with Gasteiger partial charge in [-0.25, -0.2) is 0 Å². The second-order valence-electron chi connectivity index (χ2n) is 7.37. The standard InChI is InChI=1S/C22H25Cl2N3O4/c1-4-19(22(29)25-14(2)3)26(13-16-17(23)9-7-10-18(16)24)21(28)12-15-8-5-6-11-20(15)27(30)31/h5-11,14,19H,4,12-13H2,1-3H3,(H,25,29)/t19-/m1/s1. The summed E-state index contributed by atoms with van der Waals surface area (Å²) < 4.78 is 0. The fourth-order valence-electron chi connectivity index (χ4n) is 3.26. The highest BCUT2D eigenvalue weighted by Gasteiger charge is 2.31. The van der Waals surface area contributed by atoms with Gasteiger partial charge in [0.2, 0.25) is 11.8 Å². The van der Waals surface area contributed by atoms with Crippen molar-refractivity contribution in [3.05, 3.63) is 73.8 Å². The van der Waals surface area contributed by atoms with E-state index in [9.17, 15) is 19.7 Å². The van der Waals surface area contributed by atoms with E-state index >= 15 is 0 Å². The fourth-order valence-corrected chi connectivity index (χ4v) is 3.77. The fraction of sp³-hybridized carbons (Fsp3) is 0.364. The van der Waals surface area contributed by atoms with Crippen LogP contribution in [0.15, 0.2) is 42.5 Å². The molecule has 0 spiro atoms. The van der Waals surface area contributed by atoms with Crippen LogP contribution in [0.5, 0.6) is 0 Å². The highest BCUT2D eigenvalue weighted by molar-refractivity contribution is 6.36. The van der Waals surface area contributed by atoms with E-state index < -0.39 is 16.9 Å². The molecule has 2 amide bonds. The number of hydrogen-bond acceptors (Lipinski definition) is 4. The molecule has 1 N–H and O–H groups in total. The predicted octanol–water partition coefficient (Wildman–Crippen LogP) is 4.78. The average Bonchev–Trinajstić information content (AvgIpc) is 2.69. The molecular formula is C22H25Cl2N3O4. The maximum Gasteiger partial charge on any atom is 0.273 e. The van der Waals surface area contributed by atoms with E-state index in [0.717, 1.165) is 0 Å². The molecule has 0 heterocycles. The van der Waals surface area contributed by atoms with Gasteiger partial charge in [-0.1, -0.05) is 54.4 Å². The largest absolute Gasteiger partial charge is 0.352 e. The number of para-hydroxylation sites is 1. The van der Waals surface area contributed by atoms with E-state index in [1.165, 1.54) is 17.0 Å². The second kappa shape index (κ2) is 11.1. The lowest BCUT2D eigenvalue weighted by molar-refractivity contribution is -0.385. The number of nitrogens with one attached hydrogen (secondary N) is 1. The van der Waals surface area contributed by atoms with Crippen LogP contribution in [0.3, 0.4) is 0 Å². The van der Waals surface area contributed by atoms with Crippen molar-refractivity contribution in [1.29, 1.82) is 0 Å². The number of hydrogen-bond donors (Lipinski definition) is 1. The maximum absolute atomic E-state index is 13.3. The van der Waals surface area contributed by atoms with Gasteiger partial charge < -0.3 is 10.2 Å². The molecule has 0 saturated heterocycles. The Morgan fingerprint density at radius 3 is 2.26 bits per heavy atom. The normalized spacial score (nSPS) is 11.8. The number of nitrogens with zero attached hydrogens (tertiary/aromatic N) is 2. The van der Waals surface area contributed by atoms with Gasteiger partial charge >= 0.3 is 0 Å². The zero-order valence-electron chi connectivity index (χ0n) is 17.6. The van der Waals surface area contributed by atoms with Crippen molar-refractivity contribution in [1.82, 2.24) is 10.2 Å². The molecular weight excluding hydrogens is 441 g/mol. The molecule has 166 valence electrons. The third-order valence-corrected chi connectivity index (χ3v) is 5.45. The summed E-state index contributed by atoms with van der Waals surface area (Å²) in [5, 5.41) is 14.9. The van der Waals surface area contributed by atoms with Crippen LogP contribution in [-0.4, -0.2) is 33.7 Å². The van der Waals surface area contributed by atoms with Crippen LogP contribution in [-0.2, 0) is 22.6 Å². The van der Waals surface area contributed by atoms with Crippen LogP contribution in [0.25, 0.3) is 0 Å². The molecule has 0 aliphatic rings. The lowest BCUT2D eigenvalue weighted by atomic mass is 10.0. The topological polar surface area (TPSA) is 92.6 Å². The van der Waals surface area contributed by atoms with Crippen molar-refractivity contribution in [3.8, 4) is 0 Å². The van der Waals surface area contributed by atoms with Crippen molar-refractivity contribution < 1.29 is 14.5 Å². The Kier molecular flexibility index (Phi) is 8.83. The lowest BCUT2D eigenvalue weighted by Crippen LogP contribution is -2.50. The molecule has 1 atom stereocenters. The SMILES string of the molecule is CC[C@H](C(=O)NC(C)C)N(Cc1c(Cl)cccc1Cl)C(=O)Cc1ccccc1[N+](=O)[O-]. The molecule has 7 nitrogen and oxygen atoms in total. The predicted molar refractivity (Wildman–Crippen MR) is 121 cm³/mol. The maximum atomic E-state index is 13.3. The lowest BCUT2D eigenvalue weighted by Gasteiger charge is -2.31. The first-order valence-corrected chi connectivity index (χ1v) is 10.7. The number of amides is 2. The molecule has 0 unspecified atom stereocenters. The third-order valence-electron chi connectivity index (χ3n) is 4.74. The smallest absolute Gasteiger partial charge is 0.273 e. The van der Waals surface area contributed by atoms with Gasteiger partial charge in [0.05, 0.1) is 11.3 Å². The molecule has 0 saturated carbocycles. The minimum absolute atomic E-state index is 0.00198. The van der Waals surface area contributed by atoms with Crippen molar-refractivity contribution >= 4 is 40.7 Å². The van der Waals surface area contributed by atoms with Gasteiger partial charge in [-0.2, -0.15) is 0 Å². The molecule has 0 aliphatic carbocycles. The minimum atomic E-state index is -0.787. The van der Waals surface area contributed by atoms with Gasteiger partial charge in [-0.15, -0.1) is 0 Å². The van der Waals surface area contributed by atoms with E-state index in [2.05, 4.69) is 5.32 Å². The van der Waals surface area contributed by atoms with Gasteiger partial charge in [0.1, 0.15) is 6.04 Å². The Bertz CT molecular complexity index is 945. The van der Waals surface area contributed by atoms with Crippen LogP contribution < -0.4 is 5.32 Å². The molecule has 0 bridgehead atoms. The van der Waals surface area contributed by atoms with E-state index in [4.69, 9.17) is 23.2 Å². The number of nitro benzene ring substituents is 1. The first kappa shape index (κ1) is 24.6. The van der Waals surface area contributed by atoms with E-state index in [1.54, 1.807) is 37.3 Å². The summed E-state index contributed by atoms with van der Waals surface area (Å²) >= 11 is 12.6. The van der Waals surface area contributed by atoms with Crippen LogP contribution >= 0.6 is 23.2 Å². The van der Waals surface area contributed by atoms with Crippen molar-refractivity contribution in [2.45, 2.75) is 52.2 Å². The van der Waals surface area contributed by atoms with E-state index in [1.807, 2.05) is 13.8 Å². The van der Waals surface area contributed by atoms with Crippen LogP contribution in [0.4, 0.5) is 5.69 Å². The Hall–Kier alpha value is -2.64. The highest BCUT2D eigenvalue weighted by atomic mass is 35.5. The quantitative estimate of drug-likeness (QED) is 0.426. The number of carbonyl (C=O) groups excluding carboxylic acids is 2. The number of rotatable bonds is 9. The first-order valence-electron chi connectivity index (χ1n) is 9.90. The summed E-state index contributed by atoms with van der Waals surface area (Å²) in [5.41, 5.74) is 0.635. The van der Waals surface area contributed by atoms with Crippen LogP contribution in [0.2, 0.25) is 10.0 Å². The molecule has 2 aromatic rings. The minimum Gasteiger partial charge on any atom is -0.352 e. The molecule has 0 radical (unpaired) electrons. The third kappa shape index (κ3) is 6.42. The van der Waals surface area contributed by atoms with Crippen molar-refractivity contribution in [3.63, 3.8) is 0 Å². The summed E-state index contributed by atoms with van der Waals surface area (Å²) in [6, 6.07) is 10.2. The zero-order valence-corrected chi connectivity index (χ0v) is 19.1. The number of carbonyl (C=O) groups is 2.